The summed E-state index contributed by atoms with van der Waals surface area (Å²) in [5.74, 6) is 0. The second-order valence-electron chi connectivity index (χ2n) is 3.78. The minimum Gasteiger partial charge on any atom is -0.375 e. The second-order valence-corrected chi connectivity index (χ2v) is 4.72. The second kappa shape index (κ2) is 7.68. The van der Waals surface area contributed by atoms with Crippen molar-refractivity contribution in [2.45, 2.75) is 38.7 Å². The fourth-order valence-corrected chi connectivity index (χ4v) is 2.24. The molecule has 6 heteroatoms. The Morgan fingerprint density at radius 1 is 1.53 bits per heavy atom. The van der Waals surface area contributed by atoms with E-state index in [4.69, 9.17) is 10.5 Å². The van der Waals surface area contributed by atoms with Gasteiger partial charge >= 0.3 is 0 Å². The summed E-state index contributed by atoms with van der Waals surface area (Å²) in [4.78, 5) is 4.37. The third kappa shape index (κ3) is 5.52. The van der Waals surface area contributed by atoms with E-state index in [1.807, 2.05) is 5.38 Å². The van der Waals surface area contributed by atoms with Gasteiger partial charge in [0, 0.05) is 17.8 Å². The maximum atomic E-state index is 11.8. The number of rotatable bonds is 8. The average Bonchev–Trinajstić information content (AvgIpc) is 2.73. The first-order valence-corrected chi connectivity index (χ1v) is 6.57. The molecule has 0 bridgehead atoms. The Morgan fingerprint density at radius 3 is 2.94 bits per heavy atom. The van der Waals surface area contributed by atoms with Crippen molar-refractivity contribution in [1.29, 1.82) is 0 Å². The van der Waals surface area contributed by atoms with Gasteiger partial charge in [-0.1, -0.05) is 13.3 Å². The molecule has 1 heterocycles. The highest BCUT2D eigenvalue weighted by Gasteiger charge is 2.09. The molecule has 1 unspecified atom stereocenters. The fraction of sp³-hybridized carbons (Fsp3) is 0.727. The summed E-state index contributed by atoms with van der Waals surface area (Å²) in [6.45, 7) is 1.85. The summed E-state index contributed by atoms with van der Waals surface area (Å²) in [7, 11) is 0. The van der Waals surface area contributed by atoms with Crippen molar-refractivity contribution >= 4 is 11.3 Å². The zero-order valence-electron chi connectivity index (χ0n) is 9.86. The van der Waals surface area contributed by atoms with Crippen LogP contribution in [0.2, 0.25) is 0 Å². The van der Waals surface area contributed by atoms with Crippen LogP contribution in [0.1, 0.15) is 36.5 Å². The molecule has 0 aliphatic heterocycles. The van der Waals surface area contributed by atoms with E-state index in [9.17, 15) is 8.78 Å². The fourth-order valence-electron chi connectivity index (χ4n) is 1.40. The van der Waals surface area contributed by atoms with E-state index < -0.39 is 13.0 Å². The Balaban J connectivity index is 2.30. The lowest BCUT2D eigenvalue weighted by Crippen LogP contribution is -2.10. The lowest BCUT2D eigenvalue weighted by atomic mass is 10.1. The molecular formula is C11H18F2N2OS. The minimum absolute atomic E-state index is 0.0213. The van der Waals surface area contributed by atoms with E-state index in [-0.39, 0.29) is 12.6 Å². The summed E-state index contributed by atoms with van der Waals surface area (Å²) in [5, 5.41) is 2.82. The summed E-state index contributed by atoms with van der Waals surface area (Å²) >= 11 is 1.50. The van der Waals surface area contributed by atoms with Gasteiger partial charge in [-0.3, -0.25) is 0 Å². The number of halogens is 2. The molecule has 17 heavy (non-hydrogen) atoms. The Labute approximate surface area is 104 Å². The SMILES string of the molecule is CCCC(N)c1csc(CCOCC(F)F)n1. The molecule has 1 rings (SSSR count). The number of alkyl halides is 2. The molecule has 0 saturated heterocycles. The number of thiazole rings is 1. The molecule has 1 atom stereocenters. The number of ether oxygens (including phenoxy) is 1. The zero-order valence-corrected chi connectivity index (χ0v) is 10.7. The molecule has 2 N–H and O–H groups in total. The van der Waals surface area contributed by atoms with Gasteiger partial charge in [0.25, 0.3) is 6.43 Å². The first kappa shape index (κ1) is 14.5. The molecule has 0 saturated carbocycles. The Hall–Kier alpha value is -0.590. The molecule has 0 radical (unpaired) electrons. The van der Waals surface area contributed by atoms with Crippen LogP contribution in [0, 0.1) is 0 Å². The van der Waals surface area contributed by atoms with Crippen molar-refractivity contribution in [3.05, 3.63) is 16.1 Å². The molecule has 0 aliphatic rings. The summed E-state index contributed by atoms with van der Waals surface area (Å²) in [5.41, 5.74) is 6.82. The molecule has 1 aromatic heterocycles. The third-order valence-corrected chi connectivity index (χ3v) is 3.18. The van der Waals surface area contributed by atoms with Crippen molar-refractivity contribution in [3.63, 3.8) is 0 Å². The largest absolute Gasteiger partial charge is 0.375 e. The summed E-state index contributed by atoms with van der Waals surface area (Å²) in [6.07, 6.45) is 0.0899. The van der Waals surface area contributed by atoms with E-state index in [2.05, 4.69) is 11.9 Å². The van der Waals surface area contributed by atoms with Crippen LogP contribution in [-0.2, 0) is 11.2 Å². The van der Waals surface area contributed by atoms with Gasteiger partial charge in [-0.25, -0.2) is 13.8 Å². The van der Waals surface area contributed by atoms with Gasteiger partial charge in [0.1, 0.15) is 6.61 Å². The van der Waals surface area contributed by atoms with Crippen molar-refractivity contribution in [2.75, 3.05) is 13.2 Å². The zero-order chi connectivity index (χ0) is 12.7. The van der Waals surface area contributed by atoms with Crippen LogP contribution in [0.5, 0.6) is 0 Å². The number of nitrogens with two attached hydrogens (primary N) is 1. The topological polar surface area (TPSA) is 48.1 Å². The van der Waals surface area contributed by atoms with Crippen LogP contribution in [0.15, 0.2) is 5.38 Å². The maximum absolute atomic E-state index is 11.8. The standard InChI is InChI=1S/C11H18F2N2OS/c1-2-3-8(14)9-7-17-11(15-9)4-5-16-6-10(12)13/h7-8,10H,2-6,14H2,1H3. The van der Waals surface area contributed by atoms with Crippen molar-refractivity contribution < 1.29 is 13.5 Å². The number of hydrogen-bond acceptors (Lipinski definition) is 4. The predicted octanol–water partition coefficient (Wildman–Crippen LogP) is 2.77. The number of nitrogens with zero attached hydrogens (tertiary/aromatic N) is 1. The lowest BCUT2D eigenvalue weighted by Gasteiger charge is -2.05. The maximum Gasteiger partial charge on any atom is 0.261 e. The van der Waals surface area contributed by atoms with Crippen LogP contribution in [-0.4, -0.2) is 24.6 Å². The molecule has 0 spiro atoms. The van der Waals surface area contributed by atoms with Crippen molar-refractivity contribution in [3.8, 4) is 0 Å². The van der Waals surface area contributed by atoms with Crippen LogP contribution in [0.25, 0.3) is 0 Å². The number of aromatic nitrogens is 1. The van der Waals surface area contributed by atoms with E-state index >= 15 is 0 Å². The van der Waals surface area contributed by atoms with Crippen LogP contribution >= 0.6 is 11.3 Å². The molecule has 0 aliphatic carbocycles. The van der Waals surface area contributed by atoms with Crippen LogP contribution in [0.3, 0.4) is 0 Å². The smallest absolute Gasteiger partial charge is 0.261 e. The highest BCUT2D eigenvalue weighted by molar-refractivity contribution is 7.09. The molecule has 0 fully saturated rings. The van der Waals surface area contributed by atoms with E-state index in [1.54, 1.807) is 0 Å². The quantitative estimate of drug-likeness (QED) is 0.734. The van der Waals surface area contributed by atoms with Crippen LogP contribution < -0.4 is 5.73 Å². The predicted molar refractivity (Wildman–Crippen MR) is 64.5 cm³/mol. The number of hydrogen-bond donors (Lipinski definition) is 1. The van der Waals surface area contributed by atoms with Gasteiger partial charge < -0.3 is 10.5 Å². The molecule has 3 nitrogen and oxygen atoms in total. The van der Waals surface area contributed by atoms with Gasteiger partial charge in [-0.2, -0.15) is 0 Å². The first-order chi connectivity index (χ1) is 8.13. The molecule has 0 aromatic carbocycles. The Bertz CT molecular complexity index is 320. The van der Waals surface area contributed by atoms with Gasteiger partial charge in [-0.05, 0) is 6.42 Å². The van der Waals surface area contributed by atoms with Gasteiger partial charge in [0.15, 0.2) is 0 Å². The highest BCUT2D eigenvalue weighted by atomic mass is 32.1. The monoisotopic (exact) mass is 264 g/mol. The van der Waals surface area contributed by atoms with Crippen molar-refractivity contribution in [2.24, 2.45) is 5.73 Å². The molecule has 98 valence electrons. The normalized spacial score (nSPS) is 13.2. The summed E-state index contributed by atoms with van der Waals surface area (Å²) < 4.78 is 28.4. The molecule has 0 amide bonds. The highest BCUT2D eigenvalue weighted by Crippen LogP contribution is 2.19. The lowest BCUT2D eigenvalue weighted by molar-refractivity contribution is 0.0187. The van der Waals surface area contributed by atoms with E-state index in [0.29, 0.717) is 6.42 Å². The minimum atomic E-state index is -2.40. The van der Waals surface area contributed by atoms with Gasteiger partial charge in [0.2, 0.25) is 0 Å². The Morgan fingerprint density at radius 2 is 2.29 bits per heavy atom. The average molecular weight is 264 g/mol. The van der Waals surface area contributed by atoms with Gasteiger partial charge in [-0.15, -0.1) is 11.3 Å². The third-order valence-electron chi connectivity index (χ3n) is 2.25. The van der Waals surface area contributed by atoms with E-state index in [1.165, 1.54) is 11.3 Å². The molecule has 1 aromatic rings. The molecular weight excluding hydrogens is 246 g/mol. The Kier molecular flexibility index (Phi) is 6.54. The van der Waals surface area contributed by atoms with Crippen molar-refractivity contribution in [1.82, 2.24) is 4.98 Å². The first-order valence-electron chi connectivity index (χ1n) is 5.69. The summed E-state index contributed by atoms with van der Waals surface area (Å²) in [6, 6.07) is -0.0213. The van der Waals surface area contributed by atoms with Gasteiger partial charge in [0.05, 0.1) is 17.3 Å². The van der Waals surface area contributed by atoms with Crippen LogP contribution in [0.4, 0.5) is 8.78 Å². The van der Waals surface area contributed by atoms with E-state index in [0.717, 1.165) is 23.5 Å².